The van der Waals surface area contributed by atoms with Crippen LogP contribution < -0.4 is 0 Å². The van der Waals surface area contributed by atoms with Crippen molar-refractivity contribution < 1.29 is 75.8 Å². The van der Waals surface area contributed by atoms with Crippen LogP contribution >= 0.6 is 15.6 Å². The Balaban J connectivity index is 4.72. The number of carbonyl (C=O) groups excluding carboxylic acids is 3. The number of esters is 3. The van der Waals surface area contributed by atoms with Crippen molar-refractivity contribution in [1.29, 1.82) is 0 Å². The number of rotatable bonds is 87. The molecule has 121 heavy (non-hydrogen) atoms. The van der Waals surface area contributed by atoms with Gasteiger partial charge >= 0.3 is 33.6 Å². The summed E-state index contributed by atoms with van der Waals surface area (Å²) < 4.78 is 61.6. The monoisotopic (exact) mass is 1720 g/mol. The van der Waals surface area contributed by atoms with E-state index in [4.69, 9.17) is 32.3 Å². The predicted octanol–water partition coefficient (Wildman–Crippen LogP) is 29.3. The van der Waals surface area contributed by atoms with Gasteiger partial charge in [0.05, 0.1) is 26.4 Å². The first-order chi connectivity index (χ1) is 59.2. The number of aliphatic hydroxyl groups is 2. The van der Waals surface area contributed by atoms with Gasteiger partial charge in [-0.25, -0.2) is 9.13 Å². The van der Waals surface area contributed by atoms with Crippen molar-refractivity contribution in [2.24, 2.45) is 0 Å². The molecular weight excluding hydrogens is 1560 g/mol. The predicted molar refractivity (Wildman–Crippen MR) is 509 cm³/mol. The number of phosphoric ester groups is 2. The molecule has 5 unspecified atom stereocenters. The lowest BCUT2D eigenvalue weighted by Crippen LogP contribution is -2.30. The third-order valence-corrected chi connectivity index (χ3v) is 21.1. The van der Waals surface area contributed by atoms with Crippen molar-refractivity contribution in [3.05, 3.63) is 219 Å². The molecule has 0 heterocycles. The van der Waals surface area contributed by atoms with Crippen LogP contribution in [0.25, 0.3) is 0 Å². The van der Waals surface area contributed by atoms with Gasteiger partial charge in [-0.05, 0) is 173 Å². The second-order valence-corrected chi connectivity index (χ2v) is 33.6. The second kappa shape index (κ2) is 93.0. The number of phosphoric acid groups is 2. The summed E-state index contributed by atoms with van der Waals surface area (Å²) in [5, 5.41) is 20.8. The van der Waals surface area contributed by atoms with Crippen LogP contribution in [0.5, 0.6) is 0 Å². The summed E-state index contributed by atoms with van der Waals surface area (Å²) in [5.74, 6) is -1.60. The molecule has 0 radical (unpaired) electrons. The van der Waals surface area contributed by atoms with Gasteiger partial charge in [0.25, 0.3) is 0 Å². The first-order valence-corrected chi connectivity index (χ1v) is 50.0. The van der Waals surface area contributed by atoms with E-state index in [0.717, 1.165) is 231 Å². The van der Waals surface area contributed by atoms with E-state index in [1.54, 1.807) is 0 Å². The molecule has 0 fully saturated rings. The van der Waals surface area contributed by atoms with Gasteiger partial charge in [0.15, 0.2) is 6.10 Å². The van der Waals surface area contributed by atoms with E-state index >= 15 is 0 Å². The van der Waals surface area contributed by atoms with E-state index in [1.807, 2.05) is 0 Å². The van der Waals surface area contributed by atoms with Crippen LogP contribution in [-0.2, 0) is 55.8 Å². The minimum Gasteiger partial charge on any atom is -0.463 e. The Morgan fingerprint density at radius 1 is 0.231 bits per heavy atom. The summed E-state index contributed by atoms with van der Waals surface area (Å²) >= 11 is 0. The Labute approximate surface area is 736 Å². The Morgan fingerprint density at radius 2 is 0.413 bits per heavy atom. The third kappa shape index (κ3) is 94.4. The third-order valence-electron chi connectivity index (χ3n) is 19.2. The van der Waals surface area contributed by atoms with Crippen LogP contribution in [0, 0.1) is 0 Å². The van der Waals surface area contributed by atoms with Gasteiger partial charge in [-0.15, -0.1) is 0 Å². The molecule has 0 saturated carbocycles. The van der Waals surface area contributed by atoms with Gasteiger partial charge in [0.2, 0.25) is 0 Å². The van der Waals surface area contributed by atoms with Gasteiger partial charge < -0.3 is 34.2 Å². The Morgan fingerprint density at radius 3 is 0.653 bits per heavy atom. The Bertz CT molecular complexity index is 3080. The second-order valence-electron chi connectivity index (χ2n) is 30.7. The van der Waals surface area contributed by atoms with Gasteiger partial charge in [0.1, 0.15) is 25.4 Å². The van der Waals surface area contributed by atoms with E-state index < -0.39 is 91.5 Å². The minimum atomic E-state index is -4.96. The molecule has 0 aliphatic heterocycles. The van der Waals surface area contributed by atoms with Crippen LogP contribution in [0.4, 0.5) is 0 Å². The smallest absolute Gasteiger partial charge is 0.463 e. The van der Waals surface area contributed by atoms with Gasteiger partial charge in [-0.3, -0.25) is 32.5 Å². The van der Waals surface area contributed by atoms with E-state index in [2.05, 4.69) is 240 Å². The fourth-order valence-electron chi connectivity index (χ4n) is 12.2. The quantitative estimate of drug-likeness (QED) is 0.0146. The van der Waals surface area contributed by atoms with E-state index in [-0.39, 0.29) is 19.3 Å². The number of carbonyl (C=O) groups is 3. The van der Waals surface area contributed by atoms with Crippen molar-refractivity contribution in [1.82, 2.24) is 0 Å². The summed E-state index contributed by atoms with van der Waals surface area (Å²) in [6.07, 6.45) is 127. The fourth-order valence-corrected chi connectivity index (χ4v) is 13.8. The lowest BCUT2D eigenvalue weighted by Gasteiger charge is -2.21. The lowest BCUT2D eigenvalue weighted by atomic mass is 10.1. The van der Waals surface area contributed by atoms with E-state index in [9.17, 15) is 43.5 Å². The first kappa shape index (κ1) is 115. The minimum absolute atomic E-state index is 0.0849. The van der Waals surface area contributed by atoms with E-state index in [1.165, 1.54) is 64.2 Å². The Kier molecular flexibility index (Phi) is 88.3. The molecule has 686 valence electrons. The number of allylic oxidation sites excluding steroid dienone is 36. The number of hydrogen-bond donors (Lipinski definition) is 4. The molecule has 0 bridgehead atoms. The molecule has 4 N–H and O–H groups in total. The summed E-state index contributed by atoms with van der Waals surface area (Å²) in [4.78, 5) is 59.1. The van der Waals surface area contributed by atoms with Crippen molar-refractivity contribution in [3.8, 4) is 0 Å². The maximum Gasteiger partial charge on any atom is 0.472 e. The van der Waals surface area contributed by atoms with Gasteiger partial charge in [0, 0.05) is 19.3 Å². The zero-order chi connectivity index (χ0) is 87.9. The summed E-state index contributed by atoms with van der Waals surface area (Å²) in [6, 6.07) is 0. The highest BCUT2D eigenvalue weighted by Gasteiger charge is 2.29. The maximum atomic E-state index is 13.1. The zero-order valence-electron chi connectivity index (χ0n) is 75.6. The van der Waals surface area contributed by atoms with Crippen molar-refractivity contribution >= 4 is 33.6 Å². The van der Waals surface area contributed by atoms with Crippen LogP contribution in [0.3, 0.4) is 0 Å². The van der Waals surface area contributed by atoms with Crippen molar-refractivity contribution in [2.75, 3.05) is 39.6 Å². The molecule has 18 heteroatoms. The number of unbranched alkanes of at least 4 members (excludes halogenated alkanes) is 28. The molecule has 0 amide bonds. The molecule has 0 aromatic heterocycles. The molecule has 5 atom stereocenters. The molecule has 0 aromatic carbocycles. The highest BCUT2D eigenvalue weighted by molar-refractivity contribution is 7.47. The van der Waals surface area contributed by atoms with E-state index in [0.29, 0.717) is 19.3 Å². The lowest BCUT2D eigenvalue weighted by molar-refractivity contribution is -0.161. The van der Waals surface area contributed by atoms with Crippen LogP contribution in [0.2, 0.25) is 0 Å². The number of ether oxygens (including phenoxy) is 3. The zero-order valence-corrected chi connectivity index (χ0v) is 77.4. The molecule has 0 aliphatic carbocycles. The van der Waals surface area contributed by atoms with Crippen LogP contribution in [0.1, 0.15) is 355 Å². The van der Waals surface area contributed by atoms with Crippen molar-refractivity contribution in [2.45, 2.75) is 373 Å². The average molecular weight is 1720 g/mol. The molecule has 0 saturated heterocycles. The maximum absolute atomic E-state index is 13.1. The molecular formula is C103H168O16P2. The summed E-state index contributed by atoms with van der Waals surface area (Å²) in [6.45, 7) is 2.34. The van der Waals surface area contributed by atoms with Crippen LogP contribution in [-0.4, -0.2) is 95.9 Å². The standard InChI is InChI=1S/C103H168O16P2/c1-4-7-10-13-16-19-22-25-28-31-34-37-40-43-46-48-51-53-56-59-62-65-68-71-74-77-80-83-86-89-101(106)113-92-98(104)93-115-120(109,110)116-94-99(105)95-117-121(111,112)118-97-100(119-103(108)91-88-85-82-79-76-73-70-67-64-61-58-55-50-45-42-39-36-33-30-27-24-21-18-15-12-9-6-3)96-114-102(107)90-87-84-81-78-75-72-69-66-63-60-57-54-52-49-47-44-41-38-35-32-29-26-23-20-17-14-11-8-5-2/h7-12,16-21,25-30,34-39,43-47,50-54,58,61,98-100,104-105H,4-6,13-15,22-24,31-33,40-42,48-49,55-57,59-60,62-97H2,1-3H3,(H,109,110)(H,111,112)/b10-7-,11-8-,12-9-,19-16-,20-17-,21-18-,28-25-,29-26-,30-27-,37-34-,38-35-,39-36-,46-43-,47-44-,50-45-,53-51-,54-52-,61-58-. The number of aliphatic hydroxyl groups excluding tert-OH is 2. The molecule has 0 rings (SSSR count). The first-order valence-electron chi connectivity index (χ1n) is 47.0. The van der Waals surface area contributed by atoms with Crippen molar-refractivity contribution in [3.63, 3.8) is 0 Å². The Hall–Kier alpha value is -6.13. The molecule has 0 spiro atoms. The molecule has 0 aromatic rings. The van der Waals surface area contributed by atoms with Gasteiger partial charge in [-0.2, -0.15) is 0 Å². The number of hydrogen-bond acceptors (Lipinski definition) is 14. The van der Waals surface area contributed by atoms with Gasteiger partial charge in [-0.1, -0.05) is 381 Å². The average Bonchev–Trinajstić information content (AvgIpc) is 0.907. The molecule has 0 aliphatic rings. The summed E-state index contributed by atoms with van der Waals surface area (Å²) in [5.41, 5.74) is 0. The normalized spacial score (nSPS) is 14.7. The topological polar surface area (TPSA) is 231 Å². The SMILES string of the molecule is CC/C=C\C/C=C\C/C=C\C/C=C\C/C=C\C/C=C\CCCCCCCCCCCCC(=O)OCC(O)COP(=O)(O)OCC(O)COP(=O)(O)OCC(COC(=O)CCCCCCCCCCCC/C=C\C/C=C\C/C=C\C/C=C\C/C=C\C/C=C\CC)OC(=O)CCCCCCCCCC/C=C\C/C=C\C/C=C\C/C=C\C/C=C\C/C=C\CC. The largest absolute Gasteiger partial charge is 0.472 e. The highest BCUT2D eigenvalue weighted by atomic mass is 31.2. The fraction of sp³-hybridized carbons (Fsp3) is 0.621. The summed E-state index contributed by atoms with van der Waals surface area (Å²) in [7, 11) is -9.83. The highest BCUT2D eigenvalue weighted by Crippen LogP contribution is 2.45. The molecule has 16 nitrogen and oxygen atoms in total. The van der Waals surface area contributed by atoms with Crippen LogP contribution in [0.15, 0.2) is 219 Å².